The van der Waals surface area contributed by atoms with Gasteiger partial charge in [0.05, 0.1) is 17.9 Å². The summed E-state index contributed by atoms with van der Waals surface area (Å²) in [4.78, 5) is 10.4. The number of halogens is 5. The van der Waals surface area contributed by atoms with E-state index in [0.717, 1.165) is 13.4 Å². The van der Waals surface area contributed by atoms with E-state index in [4.69, 9.17) is 9.84 Å². The maximum Gasteiger partial charge on any atom is 0.341 e. The summed E-state index contributed by atoms with van der Waals surface area (Å²) in [6, 6.07) is 0. The van der Waals surface area contributed by atoms with Gasteiger partial charge >= 0.3 is 5.97 Å². The number of rotatable bonds is 3. The first kappa shape index (κ1) is 19.1. The molecular weight excluding hydrogens is 683 g/mol. The first-order valence-electron chi connectivity index (χ1n) is 3.72. The van der Waals surface area contributed by atoms with E-state index in [9.17, 15) is 4.79 Å². The molecule has 0 aliphatic heterocycles. The zero-order valence-corrected chi connectivity index (χ0v) is 19.5. The molecule has 3 nitrogen and oxygen atoms in total. The third kappa shape index (κ3) is 4.84. The van der Waals surface area contributed by atoms with E-state index in [-0.39, 0.29) is 35.6 Å². The fourth-order valence-corrected chi connectivity index (χ4v) is 4.08. The molecule has 1 radical (unpaired) electrons. The minimum Gasteiger partial charge on any atom is -0.479 e. The summed E-state index contributed by atoms with van der Waals surface area (Å²) in [5, 5.41) is 8.56. The Kier molecular flexibility index (Phi) is 9.42. The molecule has 9 heteroatoms. The van der Waals surface area contributed by atoms with Crippen molar-refractivity contribution in [1.29, 1.82) is 0 Å². The number of aliphatic carboxylic acids is 1. The topological polar surface area (TPSA) is 46.5 Å². The van der Waals surface area contributed by atoms with Gasteiger partial charge in [-0.1, -0.05) is 0 Å². The largest absolute Gasteiger partial charge is 0.479 e. The Hall–Kier alpha value is 2.08. The fourth-order valence-electron chi connectivity index (χ4n) is 0.845. The number of carboxylic acids is 1. The van der Waals surface area contributed by atoms with Gasteiger partial charge in [-0.3, -0.25) is 0 Å². The molecule has 91 valence electrons. The van der Waals surface area contributed by atoms with Crippen LogP contribution in [0.5, 0.6) is 5.75 Å². The van der Waals surface area contributed by atoms with Crippen LogP contribution in [0.15, 0.2) is 22.4 Å². The van der Waals surface area contributed by atoms with E-state index in [1.54, 1.807) is 0 Å². The molecule has 0 saturated heterocycles. The SMILES string of the molecule is O=C(O)COc1c(Br)c(Br)c(Br)c(Br)c1Br.[La]. The molecule has 1 N–H and O–H groups in total. The molecule has 0 bridgehead atoms. The van der Waals surface area contributed by atoms with Crippen molar-refractivity contribution < 1.29 is 50.2 Å². The van der Waals surface area contributed by atoms with Gasteiger partial charge in [-0.2, -0.15) is 0 Å². The average molecular weight is 686 g/mol. The molecule has 0 heterocycles. The molecule has 17 heavy (non-hydrogen) atoms. The van der Waals surface area contributed by atoms with Gasteiger partial charge in [0.15, 0.2) is 12.4 Å². The standard InChI is InChI=1S/C8H3Br5O3.La/c9-3-4(10)6(12)8(7(13)5(3)11)16-1-2(14)15;/h1H2,(H,14,15);. The van der Waals surface area contributed by atoms with E-state index in [2.05, 4.69) is 79.6 Å². The summed E-state index contributed by atoms with van der Waals surface area (Å²) in [5.74, 6) is -0.613. The summed E-state index contributed by atoms with van der Waals surface area (Å²) < 4.78 is 8.72. The Morgan fingerprint density at radius 2 is 1.29 bits per heavy atom. The predicted octanol–water partition coefficient (Wildman–Crippen LogP) is 4.96. The second-order valence-electron chi connectivity index (χ2n) is 2.58. The van der Waals surface area contributed by atoms with Crippen LogP contribution in [0.4, 0.5) is 0 Å². The summed E-state index contributed by atoms with van der Waals surface area (Å²) in [6.45, 7) is -0.405. The second-order valence-corrected chi connectivity index (χ2v) is 6.55. The zero-order chi connectivity index (χ0) is 12.5. The van der Waals surface area contributed by atoms with Crippen molar-refractivity contribution in [2.75, 3.05) is 6.61 Å². The summed E-state index contributed by atoms with van der Waals surface area (Å²) in [6.07, 6.45) is 0. The Balaban J connectivity index is 0.00000256. The predicted molar refractivity (Wildman–Crippen MR) is 78.1 cm³/mol. The number of benzene rings is 1. The van der Waals surface area contributed by atoms with Gasteiger partial charge < -0.3 is 9.84 Å². The molecule has 0 fully saturated rings. The third-order valence-corrected chi connectivity index (χ3v) is 7.53. The average Bonchev–Trinajstić information content (AvgIpc) is 2.23. The summed E-state index contributed by atoms with van der Waals surface area (Å²) in [7, 11) is 0. The van der Waals surface area contributed by atoms with Crippen LogP contribution in [-0.4, -0.2) is 17.7 Å². The van der Waals surface area contributed by atoms with Crippen molar-refractivity contribution >= 4 is 85.6 Å². The number of hydrogen-bond acceptors (Lipinski definition) is 2. The van der Waals surface area contributed by atoms with Gasteiger partial charge in [0.25, 0.3) is 0 Å². The molecule has 0 amide bonds. The van der Waals surface area contributed by atoms with Crippen LogP contribution in [0, 0.1) is 35.6 Å². The maximum absolute atomic E-state index is 10.4. The monoisotopic (exact) mass is 681 g/mol. The van der Waals surface area contributed by atoms with Crippen molar-refractivity contribution in [2.45, 2.75) is 0 Å². The second kappa shape index (κ2) is 8.39. The molecule has 1 rings (SSSR count). The number of carboxylic acid groups (broad SMARTS) is 1. The Morgan fingerprint density at radius 3 is 1.65 bits per heavy atom. The Morgan fingerprint density at radius 1 is 0.941 bits per heavy atom. The van der Waals surface area contributed by atoms with E-state index >= 15 is 0 Å². The van der Waals surface area contributed by atoms with E-state index in [0.29, 0.717) is 14.7 Å². The van der Waals surface area contributed by atoms with Crippen molar-refractivity contribution in [3.63, 3.8) is 0 Å². The van der Waals surface area contributed by atoms with Gasteiger partial charge in [0, 0.05) is 40.1 Å². The van der Waals surface area contributed by atoms with Crippen LogP contribution in [0.1, 0.15) is 0 Å². The van der Waals surface area contributed by atoms with Gasteiger partial charge in [0.1, 0.15) is 0 Å². The zero-order valence-electron chi connectivity index (χ0n) is 7.94. The van der Waals surface area contributed by atoms with Crippen LogP contribution >= 0.6 is 79.6 Å². The smallest absolute Gasteiger partial charge is 0.341 e. The molecule has 0 aliphatic carbocycles. The van der Waals surface area contributed by atoms with Crippen molar-refractivity contribution in [3.05, 3.63) is 22.4 Å². The fraction of sp³-hybridized carbons (Fsp3) is 0.125. The number of ether oxygens (including phenoxy) is 1. The van der Waals surface area contributed by atoms with Crippen molar-refractivity contribution in [1.82, 2.24) is 0 Å². The molecule has 0 aliphatic rings. The van der Waals surface area contributed by atoms with E-state index in [1.165, 1.54) is 0 Å². The first-order chi connectivity index (χ1) is 7.36. The molecule has 0 unspecified atom stereocenters. The molecule has 0 spiro atoms. The van der Waals surface area contributed by atoms with Crippen LogP contribution in [0.3, 0.4) is 0 Å². The maximum atomic E-state index is 10.4. The van der Waals surface area contributed by atoms with Crippen LogP contribution in [0.2, 0.25) is 0 Å². The van der Waals surface area contributed by atoms with Crippen molar-refractivity contribution in [2.24, 2.45) is 0 Å². The normalized spacial score (nSPS) is 9.71. The Bertz CT molecular complexity index is 422. The molecule has 0 aromatic heterocycles. The summed E-state index contributed by atoms with van der Waals surface area (Å²) >= 11 is 16.7. The molecule has 0 saturated carbocycles. The molecule has 0 atom stereocenters. The quantitative estimate of drug-likeness (QED) is 0.362. The third-order valence-electron chi connectivity index (χ3n) is 1.51. The van der Waals surface area contributed by atoms with Gasteiger partial charge in [-0.05, 0) is 79.6 Å². The van der Waals surface area contributed by atoms with Crippen LogP contribution in [0.25, 0.3) is 0 Å². The first-order valence-corrected chi connectivity index (χ1v) is 7.68. The van der Waals surface area contributed by atoms with Gasteiger partial charge in [-0.25, -0.2) is 4.79 Å². The number of hydrogen-bond donors (Lipinski definition) is 1. The molecular formula is C8H3Br5LaO3. The molecule has 1 aromatic carbocycles. The van der Waals surface area contributed by atoms with E-state index in [1.807, 2.05) is 0 Å². The Labute approximate surface area is 168 Å². The molecule has 1 aromatic rings. The van der Waals surface area contributed by atoms with Gasteiger partial charge in [-0.15, -0.1) is 0 Å². The minimum atomic E-state index is -1.03. The minimum absolute atomic E-state index is 0. The van der Waals surface area contributed by atoms with E-state index < -0.39 is 12.6 Å². The van der Waals surface area contributed by atoms with Crippen LogP contribution in [-0.2, 0) is 4.79 Å². The van der Waals surface area contributed by atoms with Crippen molar-refractivity contribution in [3.8, 4) is 5.75 Å². The summed E-state index contributed by atoms with van der Waals surface area (Å²) in [5.41, 5.74) is 0. The van der Waals surface area contributed by atoms with Gasteiger partial charge in [0.2, 0.25) is 0 Å². The number of carbonyl (C=O) groups is 1. The van der Waals surface area contributed by atoms with Crippen LogP contribution < -0.4 is 4.74 Å².